The number of hydrogen-bond acceptors (Lipinski definition) is 3. The Morgan fingerprint density at radius 3 is 2.46 bits per heavy atom. The first-order valence-corrected chi connectivity index (χ1v) is 8.35. The van der Waals surface area contributed by atoms with Crippen LogP contribution in [0.3, 0.4) is 0 Å². The van der Waals surface area contributed by atoms with Crippen LogP contribution in [0.25, 0.3) is 0 Å². The van der Waals surface area contributed by atoms with Crippen LogP contribution in [0.1, 0.15) is 28.8 Å². The van der Waals surface area contributed by atoms with Gasteiger partial charge in [-0.1, -0.05) is 0 Å². The predicted molar refractivity (Wildman–Crippen MR) is 98.1 cm³/mol. The van der Waals surface area contributed by atoms with Crippen LogP contribution in [0.2, 0.25) is 0 Å². The minimum atomic E-state index is -0.110. The summed E-state index contributed by atoms with van der Waals surface area (Å²) >= 11 is 0. The van der Waals surface area contributed by atoms with Gasteiger partial charge in [0.2, 0.25) is 0 Å². The van der Waals surface area contributed by atoms with Crippen molar-refractivity contribution in [2.75, 3.05) is 30.9 Å². The quantitative estimate of drug-likeness (QED) is 0.870. The third kappa shape index (κ3) is 4.07. The SMILES string of the molecule is Cc1cc(NC(=O)c2ccc(OCC3CC3)cc2)ccc1N(C)C. The zero-order valence-electron chi connectivity index (χ0n) is 14.5. The summed E-state index contributed by atoms with van der Waals surface area (Å²) in [5.41, 5.74) is 3.70. The zero-order valence-corrected chi connectivity index (χ0v) is 14.5. The molecule has 0 aromatic heterocycles. The number of aryl methyl sites for hydroxylation is 1. The molecule has 1 amide bonds. The second-order valence-electron chi connectivity index (χ2n) is 6.63. The fourth-order valence-electron chi connectivity index (χ4n) is 2.64. The number of nitrogens with zero attached hydrogens (tertiary/aromatic N) is 1. The molecule has 0 aliphatic heterocycles. The van der Waals surface area contributed by atoms with Crippen molar-refractivity contribution >= 4 is 17.3 Å². The number of carbonyl (C=O) groups is 1. The summed E-state index contributed by atoms with van der Waals surface area (Å²) in [5, 5.41) is 2.95. The summed E-state index contributed by atoms with van der Waals surface area (Å²) in [6.07, 6.45) is 2.54. The largest absolute Gasteiger partial charge is 0.493 e. The van der Waals surface area contributed by atoms with Gasteiger partial charge in [-0.3, -0.25) is 4.79 Å². The molecule has 2 aromatic carbocycles. The van der Waals surface area contributed by atoms with Crippen LogP contribution >= 0.6 is 0 Å². The van der Waals surface area contributed by atoms with Crippen molar-refractivity contribution in [3.8, 4) is 5.75 Å². The van der Waals surface area contributed by atoms with Crippen molar-refractivity contribution in [3.05, 3.63) is 53.6 Å². The molecular formula is C20H24N2O2. The van der Waals surface area contributed by atoms with Crippen LogP contribution in [0, 0.1) is 12.8 Å². The van der Waals surface area contributed by atoms with Gasteiger partial charge in [0, 0.05) is 31.0 Å². The monoisotopic (exact) mass is 324 g/mol. The van der Waals surface area contributed by atoms with Gasteiger partial charge in [0.05, 0.1) is 6.61 Å². The normalized spacial score (nSPS) is 13.5. The third-order valence-corrected chi connectivity index (χ3v) is 4.24. The minimum Gasteiger partial charge on any atom is -0.493 e. The van der Waals surface area contributed by atoms with E-state index in [0.717, 1.165) is 35.2 Å². The fourth-order valence-corrected chi connectivity index (χ4v) is 2.64. The van der Waals surface area contributed by atoms with Crippen molar-refractivity contribution < 1.29 is 9.53 Å². The molecule has 1 N–H and O–H groups in total. The summed E-state index contributed by atoms with van der Waals surface area (Å²) < 4.78 is 5.70. The van der Waals surface area contributed by atoms with Gasteiger partial charge < -0.3 is 15.0 Å². The van der Waals surface area contributed by atoms with E-state index in [1.807, 2.05) is 51.4 Å². The number of nitrogens with one attached hydrogen (secondary N) is 1. The van der Waals surface area contributed by atoms with Crippen LogP contribution in [-0.2, 0) is 0 Å². The standard InChI is InChI=1S/C20H24N2O2/c1-14-12-17(8-11-19(14)22(2)3)21-20(23)16-6-9-18(10-7-16)24-13-15-4-5-15/h6-12,15H,4-5,13H2,1-3H3,(H,21,23). The second kappa shape index (κ2) is 6.95. The molecule has 0 spiro atoms. The number of carbonyl (C=O) groups excluding carboxylic acids is 1. The zero-order chi connectivity index (χ0) is 17.1. The van der Waals surface area contributed by atoms with Crippen LogP contribution < -0.4 is 15.0 Å². The number of amides is 1. The molecule has 4 heteroatoms. The Hall–Kier alpha value is -2.49. The number of anilines is 2. The molecule has 0 saturated heterocycles. The van der Waals surface area contributed by atoms with E-state index < -0.39 is 0 Å². The van der Waals surface area contributed by atoms with E-state index in [4.69, 9.17) is 4.74 Å². The molecule has 24 heavy (non-hydrogen) atoms. The van der Waals surface area contributed by atoms with Gasteiger partial charge in [0.1, 0.15) is 5.75 Å². The van der Waals surface area contributed by atoms with E-state index in [-0.39, 0.29) is 5.91 Å². The van der Waals surface area contributed by atoms with E-state index in [1.54, 1.807) is 12.1 Å². The van der Waals surface area contributed by atoms with Crippen molar-refractivity contribution in [1.82, 2.24) is 0 Å². The van der Waals surface area contributed by atoms with Crippen LogP contribution in [-0.4, -0.2) is 26.6 Å². The van der Waals surface area contributed by atoms with Crippen molar-refractivity contribution in [3.63, 3.8) is 0 Å². The van der Waals surface area contributed by atoms with E-state index >= 15 is 0 Å². The number of ether oxygens (including phenoxy) is 1. The highest BCUT2D eigenvalue weighted by molar-refractivity contribution is 6.04. The molecule has 1 saturated carbocycles. The first kappa shape index (κ1) is 16.4. The lowest BCUT2D eigenvalue weighted by atomic mass is 10.1. The molecule has 0 radical (unpaired) electrons. The highest BCUT2D eigenvalue weighted by Gasteiger charge is 2.21. The Morgan fingerprint density at radius 1 is 1.17 bits per heavy atom. The van der Waals surface area contributed by atoms with Crippen LogP contribution in [0.5, 0.6) is 5.75 Å². The smallest absolute Gasteiger partial charge is 0.255 e. The summed E-state index contributed by atoms with van der Waals surface area (Å²) in [5.74, 6) is 1.44. The van der Waals surface area contributed by atoms with E-state index in [0.29, 0.717) is 5.56 Å². The molecule has 1 fully saturated rings. The molecule has 4 nitrogen and oxygen atoms in total. The molecule has 0 atom stereocenters. The van der Waals surface area contributed by atoms with Gasteiger partial charge in [-0.05, 0) is 73.7 Å². The molecule has 126 valence electrons. The summed E-state index contributed by atoms with van der Waals surface area (Å²) in [4.78, 5) is 14.4. The van der Waals surface area contributed by atoms with Gasteiger partial charge in [-0.25, -0.2) is 0 Å². The maximum absolute atomic E-state index is 12.4. The van der Waals surface area contributed by atoms with Gasteiger partial charge >= 0.3 is 0 Å². The fraction of sp³-hybridized carbons (Fsp3) is 0.350. The van der Waals surface area contributed by atoms with Crippen molar-refractivity contribution in [2.24, 2.45) is 5.92 Å². The molecule has 1 aliphatic rings. The van der Waals surface area contributed by atoms with Crippen molar-refractivity contribution in [2.45, 2.75) is 19.8 Å². The summed E-state index contributed by atoms with van der Waals surface area (Å²) in [6.45, 7) is 2.82. The molecule has 0 heterocycles. The number of rotatable bonds is 6. The molecule has 0 bridgehead atoms. The van der Waals surface area contributed by atoms with Crippen LogP contribution in [0.15, 0.2) is 42.5 Å². The van der Waals surface area contributed by atoms with Gasteiger partial charge in [0.15, 0.2) is 0 Å². The lowest BCUT2D eigenvalue weighted by Crippen LogP contribution is -2.13. The maximum atomic E-state index is 12.4. The average molecular weight is 324 g/mol. The number of benzene rings is 2. The average Bonchev–Trinajstić information content (AvgIpc) is 3.37. The second-order valence-corrected chi connectivity index (χ2v) is 6.63. The highest BCUT2D eigenvalue weighted by atomic mass is 16.5. The predicted octanol–water partition coefficient (Wildman–Crippen LogP) is 4.10. The van der Waals surface area contributed by atoms with Crippen molar-refractivity contribution in [1.29, 1.82) is 0 Å². The Morgan fingerprint density at radius 2 is 1.88 bits per heavy atom. The lowest BCUT2D eigenvalue weighted by Gasteiger charge is -2.16. The van der Waals surface area contributed by atoms with Gasteiger partial charge in [-0.15, -0.1) is 0 Å². The van der Waals surface area contributed by atoms with E-state index in [9.17, 15) is 4.79 Å². The first-order valence-electron chi connectivity index (χ1n) is 8.35. The topological polar surface area (TPSA) is 41.6 Å². The highest BCUT2D eigenvalue weighted by Crippen LogP contribution is 2.29. The Kier molecular flexibility index (Phi) is 4.74. The maximum Gasteiger partial charge on any atom is 0.255 e. The third-order valence-electron chi connectivity index (χ3n) is 4.24. The Labute approximate surface area is 143 Å². The molecule has 3 rings (SSSR count). The number of hydrogen-bond donors (Lipinski definition) is 1. The first-order chi connectivity index (χ1) is 11.5. The molecular weight excluding hydrogens is 300 g/mol. The summed E-state index contributed by atoms with van der Waals surface area (Å²) in [6, 6.07) is 13.3. The minimum absolute atomic E-state index is 0.110. The Balaban J connectivity index is 1.62. The van der Waals surface area contributed by atoms with E-state index in [1.165, 1.54) is 12.8 Å². The lowest BCUT2D eigenvalue weighted by molar-refractivity contribution is 0.102. The molecule has 1 aliphatic carbocycles. The van der Waals surface area contributed by atoms with E-state index in [2.05, 4.69) is 10.2 Å². The summed E-state index contributed by atoms with van der Waals surface area (Å²) in [7, 11) is 4.01. The molecule has 0 unspecified atom stereocenters. The van der Waals surface area contributed by atoms with Gasteiger partial charge in [0.25, 0.3) is 5.91 Å². The van der Waals surface area contributed by atoms with Crippen LogP contribution in [0.4, 0.5) is 11.4 Å². The Bertz CT molecular complexity index is 719. The molecule has 2 aromatic rings. The van der Waals surface area contributed by atoms with Gasteiger partial charge in [-0.2, -0.15) is 0 Å².